The van der Waals surface area contributed by atoms with Crippen molar-refractivity contribution < 1.29 is 4.39 Å². The van der Waals surface area contributed by atoms with E-state index in [1.54, 1.807) is 6.07 Å². The summed E-state index contributed by atoms with van der Waals surface area (Å²) >= 11 is 0. The molecular formula is C14H21FN2. The Morgan fingerprint density at radius 3 is 2.59 bits per heavy atom. The summed E-state index contributed by atoms with van der Waals surface area (Å²) in [4.78, 5) is 1.96. The standard InChI is InChI=1S/C14H21FN2/c1-17(13-7-3-2-6-12(13)15)11-10-14(16)8-4-5-9-14/h2-3,6-7H,4-5,8-11,16H2,1H3. The highest BCUT2D eigenvalue weighted by Crippen LogP contribution is 2.30. The maximum absolute atomic E-state index is 13.6. The number of hydrogen-bond acceptors (Lipinski definition) is 2. The summed E-state index contributed by atoms with van der Waals surface area (Å²) in [5.74, 6) is -0.160. The minimum absolute atomic E-state index is 0.0144. The molecule has 3 heteroatoms. The molecule has 1 aromatic carbocycles. The van der Waals surface area contributed by atoms with Crippen LogP contribution in [0.2, 0.25) is 0 Å². The third kappa shape index (κ3) is 2.97. The molecule has 1 aliphatic rings. The Morgan fingerprint density at radius 2 is 1.94 bits per heavy atom. The smallest absolute Gasteiger partial charge is 0.146 e. The molecular weight excluding hydrogens is 215 g/mol. The third-order valence-corrected chi connectivity index (χ3v) is 3.81. The first-order valence-corrected chi connectivity index (χ1v) is 6.35. The molecule has 2 rings (SSSR count). The van der Waals surface area contributed by atoms with Gasteiger partial charge >= 0.3 is 0 Å². The molecule has 0 aromatic heterocycles. The first-order valence-electron chi connectivity index (χ1n) is 6.35. The van der Waals surface area contributed by atoms with Crippen LogP contribution in [0.5, 0.6) is 0 Å². The highest BCUT2D eigenvalue weighted by atomic mass is 19.1. The van der Waals surface area contributed by atoms with E-state index in [1.807, 2.05) is 24.1 Å². The van der Waals surface area contributed by atoms with E-state index in [1.165, 1.54) is 18.9 Å². The lowest BCUT2D eigenvalue weighted by atomic mass is 9.94. The Kier molecular flexibility index (Phi) is 3.67. The average Bonchev–Trinajstić information content (AvgIpc) is 2.74. The van der Waals surface area contributed by atoms with Crippen LogP contribution in [0.25, 0.3) is 0 Å². The molecule has 0 atom stereocenters. The topological polar surface area (TPSA) is 29.3 Å². The molecule has 0 saturated heterocycles. The molecule has 1 aromatic rings. The zero-order valence-electron chi connectivity index (χ0n) is 10.5. The average molecular weight is 236 g/mol. The predicted octanol–water partition coefficient (Wildman–Crippen LogP) is 2.92. The van der Waals surface area contributed by atoms with Crippen LogP contribution in [0.4, 0.5) is 10.1 Å². The van der Waals surface area contributed by atoms with Crippen molar-refractivity contribution in [1.82, 2.24) is 0 Å². The van der Waals surface area contributed by atoms with Gasteiger partial charge < -0.3 is 10.6 Å². The predicted molar refractivity (Wildman–Crippen MR) is 69.7 cm³/mol. The minimum Gasteiger partial charge on any atom is -0.372 e. The fourth-order valence-electron chi connectivity index (χ4n) is 2.60. The van der Waals surface area contributed by atoms with Crippen LogP contribution in [0, 0.1) is 5.82 Å². The van der Waals surface area contributed by atoms with Gasteiger partial charge in [-0.2, -0.15) is 0 Å². The summed E-state index contributed by atoms with van der Waals surface area (Å²) in [5, 5.41) is 0. The van der Waals surface area contributed by atoms with Crippen molar-refractivity contribution in [2.75, 3.05) is 18.5 Å². The zero-order chi connectivity index (χ0) is 12.3. The molecule has 0 spiro atoms. The van der Waals surface area contributed by atoms with E-state index in [-0.39, 0.29) is 11.4 Å². The number of anilines is 1. The van der Waals surface area contributed by atoms with E-state index in [2.05, 4.69) is 0 Å². The summed E-state index contributed by atoms with van der Waals surface area (Å²) in [7, 11) is 1.93. The second-order valence-corrected chi connectivity index (χ2v) is 5.19. The number of halogens is 1. The summed E-state index contributed by atoms with van der Waals surface area (Å²) in [6.45, 7) is 0.817. The van der Waals surface area contributed by atoms with Crippen molar-refractivity contribution in [3.05, 3.63) is 30.1 Å². The van der Waals surface area contributed by atoms with Gasteiger partial charge in [-0.1, -0.05) is 25.0 Å². The molecule has 0 radical (unpaired) electrons. The van der Waals surface area contributed by atoms with Gasteiger partial charge in [0.25, 0.3) is 0 Å². The molecule has 1 saturated carbocycles. The van der Waals surface area contributed by atoms with Gasteiger partial charge in [-0.3, -0.25) is 0 Å². The normalized spacial score (nSPS) is 18.3. The molecule has 0 unspecified atom stereocenters. The lowest BCUT2D eigenvalue weighted by Gasteiger charge is -2.28. The maximum Gasteiger partial charge on any atom is 0.146 e. The van der Waals surface area contributed by atoms with Gasteiger partial charge in [0.2, 0.25) is 0 Å². The van der Waals surface area contributed by atoms with E-state index in [4.69, 9.17) is 5.73 Å². The van der Waals surface area contributed by atoms with Crippen molar-refractivity contribution in [1.29, 1.82) is 0 Å². The van der Waals surface area contributed by atoms with Crippen molar-refractivity contribution >= 4 is 5.69 Å². The van der Waals surface area contributed by atoms with Crippen molar-refractivity contribution in [3.63, 3.8) is 0 Å². The highest BCUT2D eigenvalue weighted by molar-refractivity contribution is 5.46. The Bertz CT molecular complexity index is 372. The van der Waals surface area contributed by atoms with Gasteiger partial charge in [-0.05, 0) is 31.4 Å². The van der Waals surface area contributed by atoms with Crippen LogP contribution < -0.4 is 10.6 Å². The van der Waals surface area contributed by atoms with Crippen molar-refractivity contribution in [2.45, 2.75) is 37.6 Å². The van der Waals surface area contributed by atoms with Gasteiger partial charge in [-0.15, -0.1) is 0 Å². The molecule has 1 aliphatic carbocycles. The number of para-hydroxylation sites is 1. The highest BCUT2D eigenvalue weighted by Gasteiger charge is 2.29. The van der Waals surface area contributed by atoms with Crippen LogP contribution in [0.1, 0.15) is 32.1 Å². The van der Waals surface area contributed by atoms with E-state index in [9.17, 15) is 4.39 Å². The largest absolute Gasteiger partial charge is 0.372 e. The van der Waals surface area contributed by atoms with Crippen LogP contribution in [-0.4, -0.2) is 19.1 Å². The van der Waals surface area contributed by atoms with Gasteiger partial charge in [0.05, 0.1) is 5.69 Å². The monoisotopic (exact) mass is 236 g/mol. The molecule has 2 N–H and O–H groups in total. The Balaban J connectivity index is 1.93. The van der Waals surface area contributed by atoms with Gasteiger partial charge in [-0.25, -0.2) is 4.39 Å². The number of rotatable bonds is 4. The molecule has 0 aliphatic heterocycles. The lowest BCUT2D eigenvalue weighted by Crippen LogP contribution is -2.40. The summed E-state index contributed by atoms with van der Waals surface area (Å²) in [6, 6.07) is 6.89. The first kappa shape index (κ1) is 12.4. The minimum atomic E-state index is -0.160. The van der Waals surface area contributed by atoms with E-state index < -0.39 is 0 Å². The zero-order valence-corrected chi connectivity index (χ0v) is 10.5. The van der Waals surface area contributed by atoms with E-state index in [0.717, 1.165) is 25.8 Å². The SMILES string of the molecule is CN(CCC1(N)CCCC1)c1ccccc1F. The van der Waals surface area contributed by atoms with Gasteiger partial charge in [0.15, 0.2) is 0 Å². The lowest BCUT2D eigenvalue weighted by molar-refractivity contribution is 0.408. The maximum atomic E-state index is 13.6. The number of nitrogens with zero attached hydrogens (tertiary/aromatic N) is 1. The quantitative estimate of drug-likeness (QED) is 0.871. The van der Waals surface area contributed by atoms with Crippen LogP contribution in [0.15, 0.2) is 24.3 Å². The Labute approximate surface area is 103 Å². The third-order valence-electron chi connectivity index (χ3n) is 3.81. The molecule has 17 heavy (non-hydrogen) atoms. The number of benzene rings is 1. The summed E-state index contributed by atoms with van der Waals surface area (Å²) < 4.78 is 13.6. The Hall–Kier alpha value is -1.09. The second-order valence-electron chi connectivity index (χ2n) is 5.19. The summed E-state index contributed by atoms with van der Waals surface area (Å²) in [6.07, 6.45) is 5.63. The second kappa shape index (κ2) is 5.05. The van der Waals surface area contributed by atoms with Gasteiger partial charge in [0.1, 0.15) is 5.82 Å². The van der Waals surface area contributed by atoms with Crippen LogP contribution in [0.3, 0.4) is 0 Å². The van der Waals surface area contributed by atoms with Crippen molar-refractivity contribution in [3.8, 4) is 0 Å². The Morgan fingerprint density at radius 1 is 1.29 bits per heavy atom. The fraction of sp³-hybridized carbons (Fsp3) is 0.571. The van der Waals surface area contributed by atoms with E-state index in [0.29, 0.717) is 5.69 Å². The fourth-order valence-corrected chi connectivity index (χ4v) is 2.60. The molecule has 1 fully saturated rings. The van der Waals surface area contributed by atoms with Gasteiger partial charge in [0, 0.05) is 19.1 Å². The molecule has 94 valence electrons. The molecule has 0 heterocycles. The van der Waals surface area contributed by atoms with Crippen LogP contribution in [-0.2, 0) is 0 Å². The van der Waals surface area contributed by atoms with E-state index >= 15 is 0 Å². The number of nitrogens with two attached hydrogens (primary N) is 1. The van der Waals surface area contributed by atoms with Crippen LogP contribution >= 0.6 is 0 Å². The van der Waals surface area contributed by atoms with Crippen molar-refractivity contribution in [2.24, 2.45) is 5.73 Å². The number of hydrogen-bond donors (Lipinski definition) is 1. The molecule has 2 nitrogen and oxygen atoms in total. The molecule has 0 amide bonds. The first-order chi connectivity index (χ1) is 8.11. The summed E-state index contributed by atoms with van der Waals surface area (Å²) in [5.41, 5.74) is 6.95. The molecule has 0 bridgehead atoms.